The van der Waals surface area contributed by atoms with Gasteiger partial charge in [-0.2, -0.15) is 0 Å². The molecule has 0 unspecified atom stereocenters. The van der Waals surface area contributed by atoms with E-state index in [4.69, 9.17) is 9.47 Å². The van der Waals surface area contributed by atoms with E-state index in [2.05, 4.69) is 4.98 Å². The molecule has 1 aromatic heterocycles. The van der Waals surface area contributed by atoms with Crippen molar-refractivity contribution in [3.63, 3.8) is 0 Å². The van der Waals surface area contributed by atoms with Gasteiger partial charge in [-0.1, -0.05) is 0 Å². The molecular formula is C12H13NO2. The van der Waals surface area contributed by atoms with Crippen LogP contribution in [0.5, 0.6) is 5.75 Å². The number of ether oxygens (including phenoxy) is 2. The van der Waals surface area contributed by atoms with Crippen LogP contribution < -0.4 is 4.74 Å². The Balaban J connectivity index is 2.12. The van der Waals surface area contributed by atoms with E-state index in [1.807, 2.05) is 24.3 Å². The Labute approximate surface area is 89.0 Å². The van der Waals surface area contributed by atoms with Crippen molar-refractivity contribution in [3.8, 4) is 5.75 Å². The minimum absolute atomic E-state index is 0.730. The van der Waals surface area contributed by atoms with E-state index >= 15 is 0 Å². The molecule has 1 heterocycles. The van der Waals surface area contributed by atoms with Gasteiger partial charge in [-0.25, -0.2) is 0 Å². The van der Waals surface area contributed by atoms with Crippen LogP contribution in [0.2, 0.25) is 0 Å². The number of methoxy groups -OCH3 is 1. The number of rotatable bonds is 3. The molecule has 1 aliphatic carbocycles. The molecule has 0 fully saturated rings. The number of pyridine rings is 1. The summed E-state index contributed by atoms with van der Waals surface area (Å²) in [6.07, 6.45) is 9.46. The summed E-state index contributed by atoms with van der Waals surface area (Å²) < 4.78 is 10.9. The van der Waals surface area contributed by atoms with Crippen molar-refractivity contribution >= 4 is 0 Å². The number of hydrogen-bond acceptors (Lipinski definition) is 3. The van der Waals surface area contributed by atoms with Gasteiger partial charge in [-0.05, 0) is 37.1 Å². The molecule has 0 saturated carbocycles. The average molecular weight is 203 g/mol. The van der Waals surface area contributed by atoms with Gasteiger partial charge in [0.15, 0.2) is 11.5 Å². The molecule has 0 radical (unpaired) electrons. The molecule has 3 nitrogen and oxygen atoms in total. The summed E-state index contributed by atoms with van der Waals surface area (Å²) in [6.45, 7) is 0. The Morgan fingerprint density at radius 1 is 1.20 bits per heavy atom. The molecule has 0 amide bonds. The first-order valence-corrected chi connectivity index (χ1v) is 4.92. The second-order valence-electron chi connectivity index (χ2n) is 3.21. The third kappa shape index (κ3) is 2.37. The predicted octanol–water partition coefficient (Wildman–Crippen LogP) is 2.67. The summed E-state index contributed by atoms with van der Waals surface area (Å²) in [5, 5.41) is 0. The van der Waals surface area contributed by atoms with Crippen molar-refractivity contribution in [3.05, 3.63) is 48.2 Å². The Morgan fingerprint density at radius 3 is 2.67 bits per heavy atom. The fraction of sp³-hybridized carbons (Fsp3) is 0.250. The van der Waals surface area contributed by atoms with Crippen LogP contribution in [0.15, 0.2) is 48.2 Å². The second kappa shape index (κ2) is 4.64. The van der Waals surface area contributed by atoms with Crippen LogP contribution in [0.1, 0.15) is 12.8 Å². The van der Waals surface area contributed by atoms with E-state index in [1.54, 1.807) is 19.5 Å². The zero-order valence-electron chi connectivity index (χ0n) is 8.64. The van der Waals surface area contributed by atoms with E-state index in [9.17, 15) is 0 Å². The van der Waals surface area contributed by atoms with Crippen LogP contribution in [0.25, 0.3) is 0 Å². The van der Waals surface area contributed by atoms with Crippen LogP contribution in [0, 0.1) is 0 Å². The lowest BCUT2D eigenvalue weighted by Gasteiger charge is -2.15. The molecule has 3 heteroatoms. The Morgan fingerprint density at radius 2 is 2.00 bits per heavy atom. The van der Waals surface area contributed by atoms with Gasteiger partial charge in [-0.3, -0.25) is 4.98 Å². The molecule has 1 aliphatic rings. The van der Waals surface area contributed by atoms with Crippen LogP contribution in [-0.4, -0.2) is 12.1 Å². The fourth-order valence-electron chi connectivity index (χ4n) is 1.44. The highest BCUT2D eigenvalue weighted by Crippen LogP contribution is 2.22. The number of aromatic nitrogens is 1. The third-order valence-corrected chi connectivity index (χ3v) is 2.15. The zero-order valence-corrected chi connectivity index (χ0v) is 8.64. The van der Waals surface area contributed by atoms with E-state index in [-0.39, 0.29) is 0 Å². The molecule has 0 N–H and O–H groups in total. The maximum Gasteiger partial charge on any atom is 0.165 e. The van der Waals surface area contributed by atoms with Gasteiger partial charge in [0.2, 0.25) is 0 Å². The highest BCUT2D eigenvalue weighted by molar-refractivity contribution is 5.29. The van der Waals surface area contributed by atoms with Gasteiger partial charge >= 0.3 is 0 Å². The van der Waals surface area contributed by atoms with Crippen LogP contribution in [0.4, 0.5) is 0 Å². The van der Waals surface area contributed by atoms with Crippen LogP contribution in [0.3, 0.4) is 0 Å². The van der Waals surface area contributed by atoms with Gasteiger partial charge in [0.05, 0.1) is 13.3 Å². The highest BCUT2D eigenvalue weighted by Gasteiger charge is 2.11. The molecule has 1 aromatic rings. The van der Waals surface area contributed by atoms with E-state index in [0.29, 0.717) is 0 Å². The van der Waals surface area contributed by atoms with E-state index < -0.39 is 0 Å². The number of nitrogens with zero attached hydrogens (tertiary/aromatic N) is 1. The van der Waals surface area contributed by atoms with Crippen molar-refractivity contribution in [2.45, 2.75) is 12.8 Å². The summed E-state index contributed by atoms with van der Waals surface area (Å²) >= 11 is 0. The maximum absolute atomic E-state index is 5.66. The first-order valence-electron chi connectivity index (χ1n) is 4.92. The Kier molecular flexibility index (Phi) is 3.02. The molecule has 0 saturated heterocycles. The van der Waals surface area contributed by atoms with E-state index in [0.717, 1.165) is 30.1 Å². The van der Waals surface area contributed by atoms with Gasteiger partial charge in [0.1, 0.15) is 5.75 Å². The summed E-state index contributed by atoms with van der Waals surface area (Å²) in [5.74, 6) is 2.30. The van der Waals surface area contributed by atoms with Gasteiger partial charge in [0.25, 0.3) is 0 Å². The average Bonchev–Trinajstić information content (AvgIpc) is 2.31. The minimum Gasteiger partial charge on any atom is -0.493 e. The largest absolute Gasteiger partial charge is 0.493 e. The lowest BCUT2D eigenvalue weighted by atomic mass is 10.1. The molecule has 78 valence electrons. The lowest BCUT2D eigenvalue weighted by Crippen LogP contribution is -2.04. The predicted molar refractivity (Wildman–Crippen MR) is 57.3 cm³/mol. The third-order valence-electron chi connectivity index (χ3n) is 2.15. The standard InChI is InChI=1S/C12H13NO2/c1-14-11-6-2-3-7-12(11)15-10-5-4-8-13-9-10/h4-9H,2-3H2,1H3. The maximum atomic E-state index is 5.66. The molecule has 2 rings (SSSR count). The van der Waals surface area contributed by atoms with E-state index in [1.165, 1.54) is 0 Å². The molecule has 0 aliphatic heterocycles. The van der Waals surface area contributed by atoms with Crippen LogP contribution >= 0.6 is 0 Å². The number of hydrogen-bond donors (Lipinski definition) is 0. The Hall–Kier alpha value is -1.77. The molecule has 0 atom stereocenters. The van der Waals surface area contributed by atoms with Gasteiger partial charge in [-0.15, -0.1) is 0 Å². The summed E-state index contributed by atoms with van der Waals surface area (Å²) in [5.41, 5.74) is 0. The first-order chi connectivity index (χ1) is 7.40. The van der Waals surface area contributed by atoms with Crippen molar-refractivity contribution in [1.29, 1.82) is 0 Å². The van der Waals surface area contributed by atoms with Crippen molar-refractivity contribution in [1.82, 2.24) is 4.98 Å². The highest BCUT2D eigenvalue weighted by atomic mass is 16.5. The first kappa shape index (κ1) is 9.77. The minimum atomic E-state index is 0.730. The molecule has 0 bridgehead atoms. The SMILES string of the molecule is COC1=CCCC=C1Oc1cccnc1. The van der Waals surface area contributed by atoms with Crippen LogP contribution in [-0.2, 0) is 4.74 Å². The fourth-order valence-corrected chi connectivity index (χ4v) is 1.44. The quantitative estimate of drug-likeness (QED) is 0.756. The Bertz CT molecular complexity index is 382. The number of allylic oxidation sites excluding steroid dienone is 2. The van der Waals surface area contributed by atoms with Gasteiger partial charge < -0.3 is 9.47 Å². The molecule has 0 aromatic carbocycles. The normalized spacial score (nSPS) is 15.3. The molecule has 15 heavy (non-hydrogen) atoms. The van der Waals surface area contributed by atoms with Crippen molar-refractivity contribution < 1.29 is 9.47 Å². The topological polar surface area (TPSA) is 31.4 Å². The lowest BCUT2D eigenvalue weighted by molar-refractivity contribution is 0.257. The van der Waals surface area contributed by atoms with Crippen molar-refractivity contribution in [2.75, 3.05) is 7.11 Å². The summed E-state index contributed by atoms with van der Waals surface area (Å²) in [4.78, 5) is 3.99. The second-order valence-corrected chi connectivity index (χ2v) is 3.21. The summed E-state index contributed by atoms with van der Waals surface area (Å²) in [6, 6.07) is 3.71. The van der Waals surface area contributed by atoms with Gasteiger partial charge in [0, 0.05) is 6.20 Å². The van der Waals surface area contributed by atoms with Crippen molar-refractivity contribution in [2.24, 2.45) is 0 Å². The summed E-state index contributed by atoms with van der Waals surface area (Å²) in [7, 11) is 1.65. The smallest absolute Gasteiger partial charge is 0.165 e. The zero-order chi connectivity index (χ0) is 10.5. The molecular weight excluding hydrogens is 190 g/mol. The monoisotopic (exact) mass is 203 g/mol. The molecule has 0 spiro atoms.